The lowest BCUT2D eigenvalue weighted by Crippen LogP contribution is -2.60. The Morgan fingerprint density at radius 3 is 2.95 bits per heavy atom. The van der Waals surface area contributed by atoms with Crippen LogP contribution in [0, 0.1) is 5.92 Å². The number of carbonyl (C=O) groups is 2. The van der Waals surface area contributed by atoms with Crippen LogP contribution in [0.5, 0.6) is 0 Å². The molecule has 0 bridgehead atoms. The number of thiocarbonyl (C=S) groups is 1. The molecule has 0 spiro atoms. The van der Waals surface area contributed by atoms with Gasteiger partial charge in [0.05, 0.1) is 12.6 Å². The van der Waals surface area contributed by atoms with Crippen LogP contribution in [0.1, 0.15) is 33.1 Å². The summed E-state index contributed by atoms with van der Waals surface area (Å²) in [6.07, 6.45) is 4.32. The number of nitrogens with zero attached hydrogens (tertiary/aromatic N) is 2. The van der Waals surface area contributed by atoms with E-state index in [1.54, 1.807) is 0 Å². The summed E-state index contributed by atoms with van der Waals surface area (Å²) >= 11 is 5.09. The van der Waals surface area contributed by atoms with Gasteiger partial charge in [0.1, 0.15) is 0 Å². The van der Waals surface area contributed by atoms with E-state index in [9.17, 15) is 9.59 Å². The van der Waals surface area contributed by atoms with Crippen LogP contribution in [0.3, 0.4) is 0 Å². The summed E-state index contributed by atoms with van der Waals surface area (Å²) in [5.41, 5.74) is 0. The van der Waals surface area contributed by atoms with Crippen molar-refractivity contribution in [2.45, 2.75) is 45.3 Å². The van der Waals surface area contributed by atoms with Crippen molar-refractivity contribution in [2.24, 2.45) is 10.9 Å². The lowest BCUT2D eigenvalue weighted by molar-refractivity contribution is -0.139. The summed E-state index contributed by atoms with van der Waals surface area (Å²) in [7, 11) is 0. The first kappa shape index (κ1) is 16.0. The van der Waals surface area contributed by atoms with Gasteiger partial charge in [-0.1, -0.05) is 6.92 Å². The number of amides is 2. The molecule has 2 amide bonds. The van der Waals surface area contributed by atoms with Gasteiger partial charge in [0.15, 0.2) is 11.0 Å². The molecule has 0 aromatic heterocycles. The van der Waals surface area contributed by atoms with Gasteiger partial charge in [0.25, 0.3) is 0 Å². The van der Waals surface area contributed by atoms with Gasteiger partial charge >= 0.3 is 0 Å². The molecule has 0 aromatic carbocycles. The molecular formula is C14H21N3O3S. The molecule has 0 radical (unpaired) electrons. The van der Waals surface area contributed by atoms with Crippen molar-refractivity contribution in [1.82, 2.24) is 10.2 Å². The summed E-state index contributed by atoms with van der Waals surface area (Å²) < 4.78 is 5.46. The van der Waals surface area contributed by atoms with Gasteiger partial charge in [-0.3, -0.25) is 19.5 Å². The Hall–Kier alpha value is -1.34. The Kier molecular flexibility index (Phi) is 5.41. The maximum absolute atomic E-state index is 12.4. The van der Waals surface area contributed by atoms with Crippen LogP contribution < -0.4 is 5.32 Å². The second-order valence-electron chi connectivity index (χ2n) is 5.39. The summed E-state index contributed by atoms with van der Waals surface area (Å²) in [6, 6.07) is -0.0420. The monoisotopic (exact) mass is 311 g/mol. The van der Waals surface area contributed by atoms with E-state index in [0.717, 1.165) is 25.9 Å². The fourth-order valence-corrected chi connectivity index (χ4v) is 2.78. The van der Waals surface area contributed by atoms with E-state index < -0.39 is 11.8 Å². The number of rotatable bonds is 5. The highest BCUT2D eigenvalue weighted by Gasteiger charge is 2.39. The van der Waals surface area contributed by atoms with Crippen LogP contribution in [0.15, 0.2) is 4.99 Å². The Bertz CT molecular complexity index is 460. The van der Waals surface area contributed by atoms with Gasteiger partial charge in [0, 0.05) is 18.9 Å². The molecule has 0 aromatic rings. The maximum atomic E-state index is 12.4. The van der Waals surface area contributed by atoms with Gasteiger partial charge in [-0.25, -0.2) is 0 Å². The van der Waals surface area contributed by atoms with Crippen molar-refractivity contribution in [3.05, 3.63) is 0 Å². The number of hydrogen-bond donors (Lipinski definition) is 1. The SMILES string of the molecule is CC[C@H](C)N1C(=O)[C@H](C=NC[C@@H]2CCCO2)C(=O)NC1=S. The molecule has 2 aliphatic heterocycles. The predicted octanol–water partition coefficient (Wildman–Crippen LogP) is 0.894. The molecule has 21 heavy (non-hydrogen) atoms. The standard InChI is InChI=1S/C14H21N3O3S/c1-3-9(2)17-13(19)11(12(18)16-14(17)21)8-15-7-10-5-4-6-20-10/h8-11H,3-7H2,1-2H3,(H,16,18,21)/t9-,10-,11+/m0/s1. The molecule has 3 atom stereocenters. The van der Waals surface area contributed by atoms with E-state index in [0.29, 0.717) is 6.54 Å². The molecule has 7 heteroatoms. The molecule has 2 rings (SSSR count). The third-order valence-electron chi connectivity index (χ3n) is 3.85. The minimum Gasteiger partial charge on any atom is -0.376 e. The number of ether oxygens (including phenoxy) is 1. The number of nitrogens with one attached hydrogen (secondary N) is 1. The smallest absolute Gasteiger partial charge is 0.247 e. The van der Waals surface area contributed by atoms with E-state index in [2.05, 4.69) is 10.3 Å². The highest BCUT2D eigenvalue weighted by Crippen LogP contribution is 2.15. The van der Waals surface area contributed by atoms with Crippen molar-refractivity contribution < 1.29 is 14.3 Å². The van der Waals surface area contributed by atoms with Gasteiger partial charge in [-0.2, -0.15) is 0 Å². The lowest BCUT2D eigenvalue weighted by atomic mass is 10.0. The third kappa shape index (κ3) is 3.65. The zero-order valence-corrected chi connectivity index (χ0v) is 13.2. The zero-order chi connectivity index (χ0) is 15.4. The Labute approximate surface area is 129 Å². The molecule has 2 saturated heterocycles. The summed E-state index contributed by atoms with van der Waals surface area (Å²) in [5, 5.41) is 2.76. The molecule has 2 aliphatic rings. The second-order valence-corrected chi connectivity index (χ2v) is 5.77. The van der Waals surface area contributed by atoms with Crippen LogP contribution in [-0.4, -0.2) is 53.3 Å². The number of hydrogen-bond acceptors (Lipinski definition) is 5. The van der Waals surface area contributed by atoms with Gasteiger partial charge in [-0.05, 0) is 38.4 Å². The largest absolute Gasteiger partial charge is 0.376 e. The first-order valence-electron chi connectivity index (χ1n) is 7.34. The van der Waals surface area contributed by atoms with Crippen LogP contribution in [0.4, 0.5) is 0 Å². The van der Waals surface area contributed by atoms with Crippen LogP contribution in [-0.2, 0) is 14.3 Å². The predicted molar refractivity (Wildman–Crippen MR) is 83.2 cm³/mol. The second kappa shape index (κ2) is 7.09. The van der Waals surface area contributed by atoms with Crippen molar-refractivity contribution in [1.29, 1.82) is 0 Å². The van der Waals surface area contributed by atoms with E-state index >= 15 is 0 Å². The molecule has 0 saturated carbocycles. The Morgan fingerprint density at radius 1 is 1.57 bits per heavy atom. The van der Waals surface area contributed by atoms with E-state index in [1.807, 2.05) is 13.8 Å². The zero-order valence-electron chi connectivity index (χ0n) is 12.4. The fraction of sp³-hybridized carbons (Fsp3) is 0.714. The quantitative estimate of drug-likeness (QED) is 0.465. The normalized spacial score (nSPS) is 28.3. The van der Waals surface area contributed by atoms with Gasteiger partial charge in [-0.15, -0.1) is 0 Å². The van der Waals surface area contributed by atoms with Crippen molar-refractivity contribution >= 4 is 35.4 Å². The van der Waals surface area contributed by atoms with Crippen LogP contribution >= 0.6 is 12.2 Å². The molecule has 116 valence electrons. The Morgan fingerprint density at radius 2 is 2.33 bits per heavy atom. The fourth-order valence-electron chi connectivity index (χ4n) is 2.41. The van der Waals surface area contributed by atoms with Crippen molar-refractivity contribution in [3.8, 4) is 0 Å². The number of carbonyl (C=O) groups excluding carboxylic acids is 2. The molecule has 2 heterocycles. The van der Waals surface area contributed by atoms with Crippen LogP contribution in [0.25, 0.3) is 0 Å². The van der Waals surface area contributed by atoms with E-state index in [4.69, 9.17) is 17.0 Å². The van der Waals surface area contributed by atoms with Gasteiger partial charge in [0.2, 0.25) is 11.8 Å². The summed E-state index contributed by atoms with van der Waals surface area (Å²) in [6.45, 7) is 5.13. The highest BCUT2D eigenvalue weighted by molar-refractivity contribution is 7.80. The topological polar surface area (TPSA) is 71.0 Å². The highest BCUT2D eigenvalue weighted by atomic mass is 32.1. The minimum absolute atomic E-state index is 0.0420. The molecule has 0 unspecified atom stereocenters. The average molecular weight is 311 g/mol. The summed E-state index contributed by atoms with van der Waals surface area (Å²) in [5.74, 6) is -1.60. The molecule has 6 nitrogen and oxygen atoms in total. The minimum atomic E-state index is -0.896. The third-order valence-corrected chi connectivity index (χ3v) is 4.15. The van der Waals surface area contributed by atoms with Crippen LogP contribution in [0.2, 0.25) is 0 Å². The van der Waals surface area contributed by atoms with Gasteiger partial charge < -0.3 is 10.1 Å². The average Bonchev–Trinajstić information content (AvgIpc) is 2.95. The van der Waals surface area contributed by atoms with E-state index in [-0.39, 0.29) is 23.2 Å². The molecular weight excluding hydrogens is 290 g/mol. The van der Waals surface area contributed by atoms with Crippen molar-refractivity contribution in [3.63, 3.8) is 0 Å². The number of aliphatic imine (C=N–C) groups is 1. The maximum Gasteiger partial charge on any atom is 0.247 e. The summed E-state index contributed by atoms with van der Waals surface area (Å²) in [4.78, 5) is 30.1. The lowest BCUT2D eigenvalue weighted by Gasteiger charge is -2.34. The van der Waals surface area contributed by atoms with Crippen molar-refractivity contribution in [2.75, 3.05) is 13.2 Å². The Balaban J connectivity index is 2.02. The van der Waals surface area contributed by atoms with E-state index in [1.165, 1.54) is 11.1 Å². The first-order chi connectivity index (χ1) is 10.0. The first-order valence-corrected chi connectivity index (χ1v) is 7.74. The molecule has 2 fully saturated rings. The molecule has 1 N–H and O–H groups in total. The molecule has 0 aliphatic carbocycles.